The lowest BCUT2D eigenvalue weighted by Crippen LogP contribution is -2.48. The monoisotopic (exact) mass is 598 g/mol. The molecule has 8 heteroatoms. The second-order valence-corrected chi connectivity index (χ2v) is 12.1. The number of nitrogens with one attached hydrogen (secondary N) is 1. The minimum atomic E-state index is -3.05. The summed E-state index contributed by atoms with van der Waals surface area (Å²) >= 11 is 0. The van der Waals surface area contributed by atoms with E-state index >= 15 is 8.78 Å². The van der Waals surface area contributed by atoms with Crippen molar-refractivity contribution in [2.24, 2.45) is 0 Å². The van der Waals surface area contributed by atoms with E-state index in [0.717, 1.165) is 69.7 Å². The summed E-state index contributed by atoms with van der Waals surface area (Å²) < 4.78 is 72.9. The van der Waals surface area contributed by atoms with Gasteiger partial charge in [0, 0.05) is 30.7 Å². The van der Waals surface area contributed by atoms with Crippen LogP contribution in [0.5, 0.6) is 11.5 Å². The number of benzene rings is 3. The summed E-state index contributed by atoms with van der Waals surface area (Å²) in [5.74, 6) is -3.88. The van der Waals surface area contributed by atoms with Crippen LogP contribution in [0.2, 0.25) is 0 Å². The van der Waals surface area contributed by atoms with E-state index in [0.29, 0.717) is 24.3 Å². The van der Waals surface area contributed by atoms with Crippen LogP contribution in [0.3, 0.4) is 0 Å². The molecule has 0 saturated carbocycles. The molecular formula is C35H42F4N2O2. The van der Waals surface area contributed by atoms with Crippen LogP contribution in [0.1, 0.15) is 80.7 Å². The summed E-state index contributed by atoms with van der Waals surface area (Å²) in [4.78, 5) is 1.52. The summed E-state index contributed by atoms with van der Waals surface area (Å²) in [5.41, 5.74) is 2.20. The molecule has 1 N–H and O–H groups in total. The number of halogens is 4. The van der Waals surface area contributed by atoms with Crippen molar-refractivity contribution in [3.8, 4) is 11.5 Å². The topological polar surface area (TPSA) is 33.7 Å². The third-order valence-electron chi connectivity index (χ3n) is 8.42. The van der Waals surface area contributed by atoms with Gasteiger partial charge in [-0.1, -0.05) is 36.4 Å². The second-order valence-electron chi connectivity index (χ2n) is 12.1. The SMILES string of the molecule is C[C@@H]1Cc2cc(OCc3ccccc3)ccc2C(c2c(F)cc(OC3CCCCNCCCC3)cc2F)N1CC(C)(F)F. The van der Waals surface area contributed by atoms with E-state index in [-0.39, 0.29) is 23.5 Å². The number of alkyl halides is 2. The normalized spacial score (nSPS) is 20.8. The van der Waals surface area contributed by atoms with Crippen molar-refractivity contribution in [2.45, 2.75) is 89.5 Å². The summed E-state index contributed by atoms with van der Waals surface area (Å²) in [6.07, 6.45) is 5.94. The van der Waals surface area contributed by atoms with Gasteiger partial charge in [-0.05, 0) is 93.8 Å². The van der Waals surface area contributed by atoms with E-state index in [1.54, 1.807) is 12.1 Å². The van der Waals surface area contributed by atoms with Crippen molar-refractivity contribution in [2.75, 3.05) is 19.6 Å². The Bertz CT molecular complexity index is 1310. The van der Waals surface area contributed by atoms with Crippen molar-refractivity contribution < 1.29 is 27.0 Å². The van der Waals surface area contributed by atoms with Crippen LogP contribution < -0.4 is 14.8 Å². The molecule has 0 spiro atoms. The fraction of sp³-hybridized carbons (Fsp3) is 0.486. The van der Waals surface area contributed by atoms with E-state index < -0.39 is 30.1 Å². The average Bonchev–Trinajstić information content (AvgIpc) is 2.96. The first-order valence-corrected chi connectivity index (χ1v) is 15.5. The molecular weight excluding hydrogens is 556 g/mol. The predicted molar refractivity (Wildman–Crippen MR) is 161 cm³/mol. The first-order valence-electron chi connectivity index (χ1n) is 15.5. The molecule has 1 fully saturated rings. The van der Waals surface area contributed by atoms with Gasteiger partial charge < -0.3 is 14.8 Å². The lowest BCUT2D eigenvalue weighted by atomic mass is 9.84. The maximum Gasteiger partial charge on any atom is 0.257 e. The van der Waals surface area contributed by atoms with Crippen molar-refractivity contribution >= 4 is 0 Å². The minimum absolute atomic E-state index is 0.122. The van der Waals surface area contributed by atoms with Gasteiger partial charge in [-0.25, -0.2) is 17.6 Å². The fourth-order valence-corrected chi connectivity index (χ4v) is 6.33. The van der Waals surface area contributed by atoms with E-state index in [9.17, 15) is 8.78 Å². The van der Waals surface area contributed by atoms with E-state index in [2.05, 4.69) is 5.32 Å². The molecule has 0 aromatic heterocycles. The van der Waals surface area contributed by atoms with Crippen LogP contribution in [0.25, 0.3) is 0 Å². The molecule has 43 heavy (non-hydrogen) atoms. The number of hydrogen-bond donors (Lipinski definition) is 1. The van der Waals surface area contributed by atoms with Crippen LogP contribution in [0.4, 0.5) is 17.6 Å². The number of hydrogen-bond acceptors (Lipinski definition) is 4. The van der Waals surface area contributed by atoms with Crippen molar-refractivity contribution in [1.29, 1.82) is 0 Å². The van der Waals surface area contributed by atoms with Crippen LogP contribution in [-0.4, -0.2) is 42.6 Å². The lowest BCUT2D eigenvalue weighted by Gasteiger charge is -2.43. The Morgan fingerprint density at radius 2 is 1.56 bits per heavy atom. The lowest BCUT2D eigenvalue weighted by molar-refractivity contribution is -0.0371. The molecule has 0 radical (unpaired) electrons. The number of fused-ring (bicyclic) bond motifs is 1. The van der Waals surface area contributed by atoms with Gasteiger partial charge in [-0.2, -0.15) is 0 Å². The molecule has 1 unspecified atom stereocenters. The van der Waals surface area contributed by atoms with Gasteiger partial charge in [-0.3, -0.25) is 4.90 Å². The molecule has 1 saturated heterocycles. The quantitative estimate of drug-likeness (QED) is 0.265. The third-order valence-corrected chi connectivity index (χ3v) is 8.42. The highest BCUT2D eigenvalue weighted by atomic mass is 19.3. The Morgan fingerprint density at radius 3 is 2.21 bits per heavy atom. The number of nitrogens with zero attached hydrogens (tertiary/aromatic N) is 1. The summed E-state index contributed by atoms with van der Waals surface area (Å²) in [7, 11) is 0. The Morgan fingerprint density at radius 1 is 0.884 bits per heavy atom. The van der Waals surface area contributed by atoms with E-state index in [4.69, 9.17) is 9.47 Å². The minimum Gasteiger partial charge on any atom is -0.490 e. The summed E-state index contributed by atoms with van der Waals surface area (Å²) in [6.45, 7) is 4.32. The van der Waals surface area contributed by atoms with E-state index in [1.807, 2.05) is 43.3 Å². The molecule has 0 bridgehead atoms. The largest absolute Gasteiger partial charge is 0.490 e. The highest BCUT2D eigenvalue weighted by molar-refractivity contribution is 5.46. The zero-order valence-corrected chi connectivity index (χ0v) is 25.1. The zero-order valence-electron chi connectivity index (χ0n) is 25.1. The Balaban J connectivity index is 1.44. The average molecular weight is 599 g/mol. The van der Waals surface area contributed by atoms with Gasteiger partial charge in [0.15, 0.2) is 0 Å². The first-order chi connectivity index (χ1) is 20.7. The summed E-state index contributed by atoms with van der Waals surface area (Å²) in [5, 5.41) is 3.42. The zero-order chi connectivity index (χ0) is 30.4. The molecule has 2 aliphatic rings. The van der Waals surface area contributed by atoms with Crippen LogP contribution >= 0.6 is 0 Å². The van der Waals surface area contributed by atoms with Crippen LogP contribution in [-0.2, 0) is 13.0 Å². The van der Waals surface area contributed by atoms with Crippen molar-refractivity contribution in [3.05, 3.63) is 94.6 Å². The predicted octanol–water partition coefficient (Wildman–Crippen LogP) is 8.23. The smallest absolute Gasteiger partial charge is 0.257 e. The van der Waals surface area contributed by atoms with Crippen molar-refractivity contribution in [3.63, 3.8) is 0 Å². The molecule has 3 aromatic carbocycles. The molecule has 4 nitrogen and oxygen atoms in total. The van der Waals surface area contributed by atoms with Crippen LogP contribution in [0, 0.1) is 11.6 Å². The van der Waals surface area contributed by atoms with Gasteiger partial charge in [0.25, 0.3) is 5.92 Å². The molecule has 3 aromatic rings. The molecule has 5 rings (SSSR count). The molecule has 0 aliphatic carbocycles. The fourth-order valence-electron chi connectivity index (χ4n) is 6.33. The molecule has 2 atom stereocenters. The third kappa shape index (κ3) is 8.30. The van der Waals surface area contributed by atoms with Crippen molar-refractivity contribution in [1.82, 2.24) is 10.2 Å². The Labute approximate surface area is 252 Å². The standard InChI is InChI=1S/C35H42F4N2O2/c1-24-18-26-19-28(42-22-25-10-4-3-5-11-25)14-15-30(26)34(41(24)23-35(2,38)39)33-31(36)20-29(21-32(33)37)43-27-12-6-8-16-40-17-9-7-13-27/h3-5,10-11,14-15,19-21,24,27,34,40H,6-9,12-13,16-18,22-23H2,1-2H3/t24-,34?/m1/s1. The summed E-state index contributed by atoms with van der Waals surface area (Å²) in [6, 6.07) is 16.1. The molecule has 0 amide bonds. The van der Waals surface area contributed by atoms with Gasteiger partial charge in [0.1, 0.15) is 29.7 Å². The highest BCUT2D eigenvalue weighted by Gasteiger charge is 2.40. The Hall–Kier alpha value is -3.10. The van der Waals surface area contributed by atoms with Gasteiger partial charge >= 0.3 is 0 Å². The van der Waals surface area contributed by atoms with Gasteiger partial charge in [0.05, 0.1) is 18.7 Å². The molecule has 2 heterocycles. The second kappa shape index (κ2) is 14.1. The van der Waals surface area contributed by atoms with E-state index in [1.165, 1.54) is 17.0 Å². The first kappa shape index (κ1) is 31.3. The molecule has 2 aliphatic heterocycles. The van der Waals surface area contributed by atoms with Gasteiger partial charge in [-0.15, -0.1) is 0 Å². The highest BCUT2D eigenvalue weighted by Crippen LogP contribution is 2.43. The maximum absolute atomic E-state index is 16.0. The Kier molecular flexibility index (Phi) is 10.3. The van der Waals surface area contributed by atoms with Crippen LogP contribution in [0.15, 0.2) is 60.7 Å². The molecule has 232 valence electrons. The number of ether oxygens (including phenoxy) is 2. The maximum atomic E-state index is 16.0. The number of rotatable bonds is 8. The van der Waals surface area contributed by atoms with Gasteiger partial charge in [0.2, 0.25) is 0 Å².